The molecular weight excluding hydrogens is 350 g/mol. The summed E-state index contributed by atoms with van der Waals surface area (Å²) in [6.45, 7) is 4.86. The second-order valence-corrected chi connectivity index (χ2v) is 8.81. The van der Waals surface area contributed by atoms with Crippen molar-refractivity contribution in [1.29, 1.82) is 0 Å². The average Bonchev–Trinajstić information content (AvgIpc) is 2.55. The lowest BCUT2D eigenvalue weighted by Crippen LogP contribution is -2.54. The number of nitrogens with one attached hydrogen (secondary N) is 1. The second kappa shape index (κ2) is 9.94. The Labute approximate surface area is 152 Å². The molecule has 0 aliphatic carbocycles. The Bertz CT molecular complexity index is 493. The largest absolute Gasteiger partial charge is 0.341 e. The lowest BCUT2D eigenvalue weighted by atomic mass is 9.95. The molecule has 2 rings (SSSR count). The van der Waals surface area contributed by atoms with E-state index < -0.39 is 16.1 Å². The van der Waals surface area contributed by atoms with Gasteiger partial charge >= 0.3 is 0 Å². The topological polar surface area (TPSA) is 69.7 Å². The molecule has 24 heavy (non-hydrogen) atoms. The average molecular weight is 382 g/mol. The smallest absolute Gasteiger partial charge is 0.241 e. The Kier molecular flexibility index (Phi) is 8.98. The summed E-state index contributed by atoms with van der Waals surface area (Å²) in [6.07, 6.45) is 5.05. The number of carbonyl (C=O) groups is 1. The SMILES string of the molecule is CCCS(=O)(=O)N1CCCCC1C(=O)N1CCC(CNC)CC1.Cl. The van der Waals surface area contributed by atoms with Crippen molar-refractivity contribution in [1.82, 2.24) is 14.5 Å². The van der Waals surface area contributed by atoms with Crippen molar-refractivity contribution in [3.8, 4) is 0 Å². The fraction of sp³-hybridized carbons (Fsp3) is 0.938. The molecule has 2 heterocycles. The molecule has 142 valence electrons. The van der Waals surface area contributed by atoms with Gasteiger partial charge in [-0.05, 0) is 51.6 Å². The summed E-state index contributed by atoms with van der Waals surface area (Å²) in [7, 11) is -1.36. The van der Waals surface area contributed by atoms with Gasteiger partial charge in [-0.1, -0.05) is 13.3 Å². The quantitative estimate of drug-likeness (QED) is 0.756. The highest BCUT2D eigenvalue weighted by atomic mass is 35.5. The summed E-state index contributed by atoms with van der Waals surface area (Å²) < 4.78 is 26.4. The third kappa shape index (κ3) is 5.31. The number of hydrogen-bond acceptors (Lipinski definition) is 4. The Morgan fingerprint density at radius 2 is 1.79 bits per heavy atom. The first-order chi connectivity index (χ1) is 11.0. The zero-order valence-corrected chi connectivity index (χ0v) is 16.5. The number of amides is 1. The summed E-state index contributed by atoms with van der Waals surface area (Å²) >= 11 is 0. The maximum Gasteiger partial charge on any atom is 0.241 e. The molecule has 6 nitrogen and oxygen atoms in total. The van der Waals surface area contributed by atoms with E-state index in [1.54, 1.807) is 0 Å². The van der Waals surface area contributed by atoms with E-state index in [4.69, 9.17) is 0 Å². The zero-order chi connectivity index (χ0) is 16.9. The van der Waals surface area contributed by atoms with Gasteiger partial charge < -0.3 is 10.2 Å². The summed E-state index contributed by atoms with van der Waals surface area (Å²) in [5.41, 5.74) is 0. The number of hydrogen-bond donors (Lipinski definition) is 1. The van der Waals surface area contributed by atoms with Crippen molar-refractivity contribution < 1.29 is 13.2 Å². The minimum Gasteiger partial charge on any atom is -0.341 e. The molecule has 2 fully saturated rings. The Balaban J connectivity index is 0.00000288. The van der Waals surface area contributed by atoms with Crippen LogP contribution in [0.2, 0.25) is 0 Å². The van der Waals surface area contributed by atoms with Crippen LogP contribution < -0.4 is 5.32 Å². The Morgan fingerprint density at radius 1 is 1.12 bits per heavy atom. The van der Waals surface area contributed by atoms with Gasteiger partial charge in [-0.3, -0.25) is 4.79 Å². The predicted octanol–water partition coefficient (Wildman–Crippen LogP) is 1.46. The first-order valence-corrected chi connectivity index (χ1v) is 10.5. The fourth-order valence-electron chi connectivity index (χ4n) is 3.72. The van der Waals surface area contributed by atoms with Crippen LogP contribution in [-0.2, 0) is 14.8 Å². The van der Waals surface area contributed by atoms with Gasteiger partial charge in [0.25, 0.3) is 0 Å². The van der Waals surface area contributed by atoms with Crippen molar-refractivity contribution in [2.24, 2.45) is 5.92 Å². The van der Waals surface area contributed by atoms with Crippen LogP contribution in [0.4, 0.5) is 0 Å². The van der Waals surface area contributed by atoms with Crippen molar-refractivity contribution in [3.63, 3.8) is 0 Å². The van der Waals surface area contributed by atoms with Crippen LogP contribution >= 0.6 is 12.4 Å². The molecule has 0 aromatic carbocycles. The molecule has 0 aromatic rings. The molecule has 2 aliphatic rings. The predicted molar refractivity (Wildman–Crippen MR) is 98.9 cm³/mol. The van der Waals surface area contributed by atoms with E-state index in [-0.39, 0.29) is 24.1 Å². The first kappa shape index (κ1) is 21.7. The number of halogens is 1. The third-order valence-electron chi connectivity index (χ3n) is 4.98. The number of piperidine rings is 2. The van der Waals surface area contributed by atoms with Crippen molar-refractivity contribution in [3.05, 3.63) is 0 Å². The highest BCUT2D eigenvalue weighted by molar-refractivity contribution is 7.89. The number of sulfonamides is 1. The minimum absolute atomic E-state index is 0. The maximum absolute atomic E-state index is 12.9. The van der Waals surface area contributed by atoms with E-state index in [1.165, 1.54) is 4.31 Å². The molecule has 0 aromatic heterocycles. The van der Waals surface area contributed by atoms with Crippen LogP contribution in [0.5, 0.6) is 0 Å². The Hall–Kier alpha value is -0.370. The number of rotatable bonds is 6. The van der Waals surface area contributed by atoms with E-state index >= 15 is 0 Å². The number of likely N-dealkylation sites (tertiary alicyclic amines) is 1. The lowest BCUT2D eigenvalue weighted by Gasteiger charge is -2.39. The molecule has 1 atom stereocenters. The normalized spacial score (nSPS) is 23.8. The van der Waals surface area contributed by atoms with Crippen LogP contribution in [0.3, 0.4) is 0 Å². The Morgan fingerprint density at radius 3 is 2.38 bits per heavy atom. The highest BCUT2D eigenvalue weighted by Crippen LogP contribution is 2.25. The molecule has 1 unspecified atom stereocenters. The second-order valence-electron chi connectivity index (χ2n) is 6.76. The molecule has 0 radical (unpaired) electrons. The van der Waals surface area contributed by atoms with E-state index in [0.29, 0.717) is 25.3 Å². The third-order valence-corrected chi connectivity index (χ3v) is 7.05. The molecule has 1 N–H and O–H groups in total. The molecule has 0 bridgehead atoms. The van der Waals surface area contributed by atoms with Gasteiger partial charge in [0.2, 0.25) is 15.9 Å². The number of nitrogens with zero attached hydrogens (tertiary/aromatic N) is 2. The van der Waals surface area contributed by atoms with Gasteiger partial charge in [-0.2, -0.15) is 4.31 Å². The lowest BCUT2D eigenvalue weighted by molar-refractivity contribution is -0.137. The van der Waals surface area contributed by atoms with Crippen LogP contribution in [0.15, 0.2) is 0 Å². The minimum atomic E-state index is -3.31. The van der Waals surface area contributed by atoms with Gasteiger partial charge in [-0.15, -0.1) is 12.4 Å². The van der Waals surface area contributed by atoms with Gasteiger partial charge in [-0.25, -0.2) is 8.42 Å². The molecular formula is C16H32ClN3O3S. The van der Waals surface area contributed by atoms with Crippen molar-refractivity contribution in [2.45, 2.75) is 51.5 Å². The fourth-order valence-corrected chi connectivity index (χ4v) is 5.46. The van der Waals surface area contributed by atoms with E-state index in [0.717, 1.165) is 45.3 Å². The number of carbonyl (C=O) groups excluding carboxylic acids is 1. The van der Waals surface area contributed by atoms with Crippen molar-refractivity contribution in [2.75, 3.05) is 39.0 Å². The monoisotopic (exact) mass is 381 g/mol. The highest BCUT2D eigenvalue weighted by Gasteiger charge is 2.38. The first-order valence-electron chi connectivity index (χ1n) is 8.92. The van der Waals surface area contributed by atoms with Crippen LogP contribution in [-0.4, -0.2) is 68.6 Å². The van der Waals surface area contributed by atoms with Gasteiger partial charge in [0, 0.05) is 19.6 Å². The molecule has 2 saturated heterocycles. The van der Waals surface area contributed by atoms with E-state index in [2.05, 4.69) is 5.32 Å². The van der Waals surface area contributed by atoms with Gasteiger partial charge in [0.1, 0.15) is 6.04 Å². The van der Waals surface area contributed by atoms with Crippen molar-refractivity contribution >= 4 is 28.3 Å². The molecule has 2 aliphatic heterocycles. The van der Waals surface area contributed by atoms with Crippen LogP contribution in [0.25, 0.3) is 0 Å². The molecule has 0 saturated carbocycles. The summed E-state index contributed by atoms with van der Waals surface area (Å²) in [5, 5.41) is 3.19. The van der Waals surface area contributed by atoms with Crippen LogP contribution in [0, 0.1) is 5.92 Å². The zero-order valence-electron chi connectivity index (χ0n) is 14.9. The van der Waals surface area contributed by atoms with Gasteiger partial charge in [0.05, 0.1) is 5.75 Å². The van der Waals surface area contributed by atoms with Gasteiger partial charge in [0.15, 0.2) is 0 Å². The standard InChI is InChI=1S/C16H31N3O3S.ClH/c1-3-12-23(21,22)19-9-5-4-6-15(19)16(20)18-10-7-14(8-11-18)13-17-2;/h14-15,17H,3-13H2,1-2H3;1H. The molecule has 8 heteroatoms. The summed E-state index contributed by atoms with van der Waals surface area (Å²) in [4.78, 5) is 14.8. The van der Waals surface area contributed by atoms with E-state index in [1.807, 2.05) is 18.9 Å². The summed E-state index contributed by atoms with van der Waals surface area (Å²) in [6, 6.07) is -0.471. The van der Waals surface area contributed by atoms with E-state index in [9.17, 15) is 13.2 Å². The molecule has 1 amide bonds. The maximum atomic E-state index is 12.9. The summed E-state index contributed by atoms with van der Waals surface area (Å²) in [5.74, 6) is 0.781. The molecule has 0 spiro atoms. The van der Waals surface area contributed by atoms with Crippen LogP contribution in [0.1, 0.15) is 45.4 Å².